The van der Waals surface area contributed by atoms with Gasteiger partial charge in [0.15, 0.2) is 0 Å². The number of amides is 1. The maximum atomic E-state index is 13.3. The third kappa shape index (κ3) is 2.87. The van der Waals surface area contributed by atoms with Gasteiger partial charge >= 0.3 is 12.1 Å². The van der Waals surface area contributed by atoms with Crippen molar-refractivity contribution in [1.82, 2.24) is 0 Å². The Morgan fingerprint density at radius 2 is 1.92 bits per heavy atom. The molecule has 0 aliphatic carbocycles. The van der Waals surface area contributed by atoms with E-state index in [4.69, 9.17) is 11.6 Å². The van der Waals surface area contributed by atoms with Crippen molar-refractivity contribution < 1.29 is 27.9 Å². The SMILES string of the molecule is O=C1C[C@H](C(F)(F)F)c2sc(C(=O)O)c(-c3ccc(Cl)cc3)c2N1. The average molecular weight is 376 g/mol. The number of benzene rings is 1. The van der Waals surface area contributed by atoms with Gasteiger partial charge in [0, 0.05) is 21.9 Å². The zero-order chi connectivity index (χ0) is 17.6. The summed E-state index contributed by atoms with van der Waals surface area (Å²) in [6.07, 6.45) is -5.39. The molecular weight excluding hydrogens is 367 g/mol. The van der Waals surface area contributed by atoms with Crippen molar-refractivity contribution in [1.29, 1.82) is 0 Å². The number of anilines is 1. The molecule has 0 radical (unpaired) electrons. The number of carboxylic acid groups (broad SMARTS) is 1. The molecule has 0 bridgehead atoms. The molecule has 0 saturated carbocycles. The van der Waals surface area contributed by atoms with Gasteiger partial charge in [0.05, 0.1) is 5.69 Å². The Balaban J connectivity index is 2.26. The normalized spacial score (nSPS) is 17.3. The summed E-state index contributed by atoms with van der Waals surface area (Å²) in [6, 6.07) is 6.00. The summed E-state index contributed by atoms with van der Waals surface area (Å²) >= 11 is 6.33. The Hall–Kier alpha value is -2.06. The summed E-state index contributed by atoms with van der Waals surface area (Å²) in [5.74, 6) is -4.16. The van der Waals surface area contributed by atoms with E-state index in [1.54, 1.807) is 0 Å². The van der Waals surface area contributed by atoms with Crippen LogP contribution in [0.25, 0.3) is 11.1 Å². The number of nitrogens with one attached hydrogen (secondary N) is 1. The summed E-state index contributed by atoms with van der Waals surface area (Å²) in [6.45, 7) is 0. The maximum absolute atomic E-state index is 13.3. The number of carbonyl (C=O) groups excluding carboxylic acids is 1. The fourth-order valence-electron chi connectivity index (χ4n) is 2.59. The first-order valence-electron chi connectivity index (χ1n) is 6.71. The quantitative estimate of drug-likeness (QED) is 0.795. The number of carbonyl (C=O) groups is 2. The molecule has 1 amide bonds. The number of aromatic carboxylic acids is 1. The molecule has 24 heavy (non-hydrogen) atoms. The first-order valence-corrected chi connectivity index (χ1v) is 7.90. The molecular formula is C15H9ClF3NO3S. The molecule has 2 heterocycles. The highest BCUT2D eigenvalue weighted by Gasteiger charge is 2.47. The van der Waals surface area contributed by atoms with E-state index >= 15 is 0 Å². The van der Waals surface area contributed by atoms with Crippen LogP contribution in [-0.2, 0) is 4.79 Å². The zero-order valence-electron chi connectivity index (χ0n) is 11.8. The summed E-state index contributed by atoms with van der Waals surface area (Å²) in [5, 5.41) is 12.2. The lowest BCUT2D eigenvalue weighted by atomic mass is 9.94. The number of hydrogen-bond acceptors (Lipinski definition) is 3. The topological polar surface area (TPSA) is 66.4 Å². The van der Waals surface area contributed by atoms with Gasteiger partial charge in [-0.3, -0.25) is 4.79 Å². The van der Waals surface area contributed by atoms with Gasteiger partial charge in [-0.2, -0.15) is 13.2 Å². The molecule has 1 aromatic carbocycles. The van der Waals surface area contributed by atoms with Gasteiger partial charge in [-0.25, -0.2) is 4.79 Å². The molecule has 1 atom stereocenters. The number of alkyl halides is 3. The van der Waals surface area contributed by atoms with E-state index in [1.807, 2.05) is 0 Å². The zero-order valence-corrected chi connectivity index (χ0v) is 13.4. The number of carboxylic acids is 1. The van der Waals surface area contributed by atoms with Crippen molar-refractivity contribution in [3.63, 3.8) is 0 Å². The number of rotatable bonds is 2. The largest absolute Gasteiger partial charge is 0.477 e. The molecule has 1 aliphatic heterocycles. The van der Waals surface area contributed by atoms with Crippen molar-refractivity contribution >= 4 is 40.5 Å². The predicted octanol–water partition coefficient (Wildman–Crippen LogP) is 4.75. The van der Waals surface area contributed by atoms with E-state index in [0.29, 0.717) is 21.9 Å². The van der Waals surface area contributed by atoms with Gasteiger partial charge < -0.3 is 10.4 Å². The minimum atomic E-state index is -4.63. The van der Waals surface area contributed by atoms with E-state index in [1.165, 1.54) is 24.3 Å². The molecule has 126 valence electrons. The molecule has 2 N–H and O–H groups in total. The Labute approximate surface area is 142 Å². The Morgan fingerprint density at radius 1 is 1.29 bits per heavy atom. The Morgan fingerprint density at radius 3 is 2.46 bits per heavy atom. The highest BCUT2D eigenvalue weighted by molar-refractivity contribution is 7.15. The van der Waals surface area contributed by atoms with Gasteiger partial charge in [0.25, 0.3) is 0 Å². The maximum Gasteiger partial charge on any atom is 0.397 e. The van der Waals surface area contributed by atoms with E-state index in [0.717, 1.165) is 0 Å². The van der Waals surface area contributed by atoms with Crippen LogP contribution in [0.4, 0.5) is 18.9 Å². The minimum absolute atomic E-state index is 0.0708. The number of halogens is 4. The molecule has 1 aliphatic rings. The second-order valence-corrected chi connectivity index (χ2v) is 6.69. The Bertz CT molecular complexity index is 830. The van der Waals surface area contributed by atoms with E-state index in [2.05, 4.69) is 5.32 Å². The summed E-state index contributed by atoms with van der Waals surface area (Å²) in [7, 11) is 0. The van der Waals surface area contributed by atoms with Crippen LogP contribution in [-0.4, -0.2) is 23.2 Å². The van der Waals surface area contributed by atoms with Crippen LogP contribution >= 0.6 is 22.9 Å². The fraction of sp³-hybridized carbons (Fsp3) is 0.200. The standard InChI is InChI=1S/C15H9ClF3NO3S/c16-7-3-1-6(2-4-7)10-11-12(24-13(10)14(22)23)8(15(17,18)19)5-9(21)20-11/h1-4,8H,5H2,(H,20,21)(H,22,23)/t8-/m0/s1. The van der Waals surface area contributed by atoms with Crippen LogP contribution in [0.15, 0.2) is 24.3 Å². The first kappa shape index (κ1) is 16.8. The second kappa shape index (κ2) is 5.78. The van der Waals surface area contributed by atoms with Crippen LogP contribution in [0.5, 0.6) is 0 Å². The molecule has 0 unspecified atom stereocenters. The van der Waals surface area contributed by atoms with Gasteiger partial charge in [0.1, 0.15) is 10.8 Å². The predicted molar refractivity (Wildman–Crippen MR) is 83.8 cm³/mol. The molecule has 3 rings (SSSR count). The number of thiophene rings is 1. The van der Waals surface area contributed by atoms with E-state index in [-0.39, 0.29) is 21.0 Å². The third-order valence-corrected chi connectivity index (χ3v) is 5.17. The van der Waals surface area contributed by atoms with Crippen molar-refractivity contribution in [3.8, 4) is 11.1 Å². The molecule has 4 nitrogen and oxygen atoms in total. The highest BCUT2D eigenvalue weighted by Crippen LogP contribution is 2.52. The van der Waals surface area contributed by atoms with Crippen LogP contribution in [0.2, 0.25) is 5.02 Å². The van der Waals surface area contributed by atoms with Crippen molar-refractivity contribution in [2.45, 2.75) is 18.5 Å². The molecule has 0 saturated heterocycles. The minimum Gasteiger partial charge on any atom is -0.477 e. The summed E-state index contributed by atoms with van der Waals surface area (Å²) in [5.41, 5.74) is 0.359. The molecule has 0 fully saturated rings. The van der Waals surface area contributed by atoms with Crippen LogP contribution < -0.4 is 5.32 Å². The molecule has 1 aromatic heterocycles. The molecule has 0 spiro atoms. The monoisotopic (exact) mass is 375 g/mol. The third-order valence-electron chi connectivity index (χ3n) is 3.63. The van der Waals surface area contributed by atoms with E-state index in [9.17, 15) is 27.9 Å². The smallest absolute Gasteiger partial charge is 0.397 e. The van der Waals surface area contributed by atoms with Crippen molar-refractivity contribution in [2.75, 3.05) is 5.32 Å². The average Bonchev–Trinajstić information content (AvgIpc) is 2.85. The fourth-order valence-corrected chi connectivity index (χ4v) is 3.96. The van der Waals surface area contributed by atoms with Crippen LogP contribution in [0, 0.1) is 0 Å². The highest BCUT2D eigenvalue weighted by atomic mass is 35.5. The van der Waals surface area contributed by atoms with Crippen molar-refractivity contribution in [3.05, 3.63) is 39.0 Å². The molecule has 9 heteroatoms. The first-order chi connectivity index (χ1) is 11.2. The van der Waals surface area contributed by atoms with Gasteiger partial charge in [-0.05, 0) is 17.7 Å². The lowest BCUT2D eigenvalue weighted by Gasteiger charge is -2.25. The van der Waals surface area contributed by atoms with Crippen LogP contribution in [0.3, 0.4) is 0 Å². The summed E-state index contributed by atoms with van der Waals surface area (Å²) in [4.78, 5) is 22.8. The van der Waals surface area contributed by atoms with Crippen molar-refractivity contribution in [2.24, 2.45) is 0 Å². The lowest BCUT2D eigenvalue weighted by molar-refractivity contribution is -0.156. The number of hydrogen-bond donors (Lipinski definition) is 2. The lowest BCUT2D eigenvalue weighted by Crippen LogP contribution is -2.30. The summed E-state index contributed by atoms with van der Waals surface area (Å²) < 4.78 is 39.8. The van der Waals surface area contributed by atoms with Gasteiger partial charge in [-0.15, -0.1) is 11.3 Å². The van der Waals surface area contributed by atoms with Crippen LogP contribution in [0.1, 0.15) is 26.9 Å². The molecule has 2 aromatic rings. The van der Waals surface area contributed by atoms with Gasteiger partial charge in [-0.1, -0.05) is 23.7 Å². The van der Waals surface area contributed by atoms with E-state index < -0.39 is 30.4 Å². The number of fused-ring (bicyclic) bond motifs is 1. The second-order valence-electron chi connectivity index (χ2n) is 5.20. The van der Waals surface area contributed by atoms with Gasteiger partial charge in [0.2, 0.25) is 5.91 Å². The Kier molecular flexibility index (Phi) is 4.05.